The van der Waals surface area contributed by atoms with E-state index < -0.39 is 0 Å². The molecule has 0 aromatic carbocycles. The normalized spacial score (nSPS) is 7.67. The SMILES string of the molecule is CCOC(C)=O.CCOC(C)=O. The fourth-order valence-electron chi connectivity index (χ4n) is 0.407. The molecule has 12 heavy (non-hydrogen) atoms. The summed E-state index contributed by atoms with van der Waals surface area (Å²) in [5.74, 6) is -0.421. The highest BCUT2D eigenvalue weighted by molar-refractivity contribution is 5.66. The maximum atomic E-state index is 9.82. The number of esters is 2. The van der Waals surface area contributed by atoms with E-state index in [1.807, 2.05) is 0 Å². The zero-order chi connectivity index (χ0) is 9.98. The molecule has 0 bridgehead atoms. The summed E-state index contributed by atoms with van der Waals surface area (Å²) in [6.45, 7) is 7.31. The first-order valence-corrected chi connectivity index (χ1v) is 3.81. The van der Waals surface area contributed by atoms with Gasteiger partial charge >= 0.3 is 11.9 Å². The van der Waals surface area contributed by atoms with E-state index in [0.29, 0.717) is 13.2 Å². The monoisotopic (exact) mass is 176 g/mol. The second kappa shape index (κ2) is 9.94. The summed E-state index contributed by atoms with van der Waals surface area (Å²) in [6, 6.07) is 0. The average molecular weight is 176 g/mol. The first-order valence-electron chi connectivity index (χ1n) is 3.81. The van der Waals surface area contributed by atoms with E-state index in [1.54, 1.807) is 13.8 Å². The van der Waals surface area contributed by atoms with Crippen molar-refractivity contribution in [2.24, 2.45) is 0 Å². The first kappa shape index (κ1) is 13.5. The maximum Gasteiger partial charge on any atom is 0.302 e. The third-order valence-electron chi connectivity index (χ3n) is 0.695. The van der Waals surface area contributed by atoms with Crippen LogP contribution < -0.4 is 0 Å². The Morgan fingerprint density at radius 1 is 0.917 bits per heavy atom. The number of carbonyl (C=O) groups is 2. The highest BCUT2D eigenvalue weighted by atomic mass is 16.5. The number of hydrogen-bond acceptors (Lipinski definition) is 4. The Kier molecular flexibility index (Phi) is 11.2. The van der Waals surface area contributed by atoms with Crippen LogP contribution in [0.5, 0.6) is 0 Å². The first-order chi connectivity index (χ1) is 5.54. The van der Waals surface area contributed by atoms with Gasteiger partial charge in [-0.2, -0.15) is 0 Å². The van der Waals surface area contributed by atoms with E-state index in [-0.39, 0.29) is 11.9 Å². The fraction of sp³-hybridized carbons (Fsp3) is 0.750. The molecule has 0 aliphatic heterocycles. The van der Waals surface area contributed by atoms with Crippen molar-refractivity contribution in [1.82, 2.24) is 0 Å². The Labute approximate surface area is 72.8 Å². The van der Waals surface area contributed by atoms with Crippen LogP contribution in [0.1, 0.15) is 27.7 Å². The van der Waals surface area contributed by atoms with Gasteiger partial charge < -0.3 is 9.47 Å². The molecule has 0 radical (unpaired) electrons. The Morgan fingerprint density at radius 2 is 1.17 bits per heavy atom. The average Bonchev–Trinajstić information content (AvgIpc) is 1.87. The minimum absolute atomic E-state index is 0.211. The van der Waals surface area contributed by atoms with Crippen molar-refractivity contribution in [3.05, 3.63) is 0 Å². The molecule has 0 aliphatic carbocycles. The zero-order valence-electron chi connectivity index (χ0n) is 8.05. The molecule has 0 aromatic heterocycles. The molecule has 4 heteroatoms. The molecule has 0 atom stereocenters. The third kappa shape index (κ3) is 23.1. The van der Waals surface area contributed by atoms with E-state index in [1.165, 1.54) is 13.8 Å². The van der Waals surface area contributed by atoms with Crippen molar-refractivity contribution in [1.29, 1.82) is 0 Å². The predicted octanol–water partition coefficient (Wildman–Crippen LogP) is 1.14. The van der Waals surface area contributed by atoms with Gasteiger partial charge in [0.15, 0.2) is 0 Å². The van der Waals surface area contributed by atoms with Gasteiger partial charge in [-0.15, -0.1) is 0 Å². The Bertz CT molecular complexity index is 115. The van der Waals surface area contributed by atoms with Gasteiger partial charge in [0.1, 0.15) is 0 Å². The van der Waals surface area contributed by atoms with Crippen LogP contribution in [-0.2, 0) is 19.1 Å². The molecule has 0 heterocycles. The summed E-state index contributed by atoms with van der Waals surface area (Å²) in [6.07, 6.45) is 0. The number of ether oxygens (including phenoxy) is 2. The van der Waals surface area contributed by atoms with Gasteiger partial charge in [-0.25, -0.2) is 0 Å². The molecule has 0 amide bonds. The third-order valence-corrected chi connectivity index (χ3v) is 0.695. The van der Waals surface area contributed by atoms with Gasteiger partial charge in [0.05, 0.1) is 13.2 Å². The maximum absolute atomic E-state index is 9.82. The van der Waals surface area contributed by atoms with Crippen molar-refractivity contribution >= 4 is 11.9 Å². The van der Waals surface area contributed by atoms with Crippen LogP contribution in [0.25, 0.3) is 0 Å². The lowest BCUT2D eigenvalue weighted by molar-refractivity contribution is -0.141. The van der Waals surface area contributed by atoms with Crippen molar-refractivity contribution in [2.45, 2.75) is 27.7 Å². The van der Waals surface area contributed by atoms with Crippen molar-refractivity contribution in [3.63, 3.8) is 0 Å². The van der Waals surface area contributed by atoms with Crippen molar-refractivity contribution in [3.8, 4) is 0 Å². The smallest absolute Gasteiger partial charge is 0.302 e. The highest BCUT2D eigenvalue weighted by Crippen LogP contribution is 1.70. The number of hydrogen-bond donors (Lipinski definition) is 0. The van der Waals surface area contributed by atoms with Gasteiger partial charge in [-0.05, 0) is 13.8 Å². The van der Waals surface area contributed by atoms with Crippen LogP contribution in [-0.4, -0.2) is 25.2 Å². The quantitative estimate of drug-likeness (QED) is 0.592. The minimum atomic E-state index is -0.211. The molecule has 0 rings (SSSR count). The summed E-state index contributed by atoms with van der Waals surface area (Å²) in [5, 5.41) is 0. The van der Waals surface area contributed by atoms with E-state index >= 15 is 0 Å². The molecular weight excluding hydrogens is 160 g/mol. The molecule has 0 fully saturated rings. The largest absolute Gasteiger partial charge is 0.466 e. The Hall–Kier alpha value is -1.06. The summed E-state index contributed by atoms with van der Waals surface area (Å²) >= 11 is 0. The molecule has 4 nitrogen and oxygen atoms in total. The summed E-state index contributed by atoms with van der Waals surface area (Å²) in [4.78, 5) is 19.6. The fourth-order valence-corrected chi connectivity index (χ4v) is 0.407. The molecule has 0 saturated carbocycles. The van der Waals surface area contributed by atoms with Crippen molar-refractivity contribution < 1.29 is 19.1 Å². The Morgan fingerprint density at radius 3 is 1.17 bits per heavy atom. The van der Waals surface area contributed by atoms with E-state index in [0.717, 1.165) is 0 Å². The van der Waals surface area contributed by atoms with Crippen LogP contribution in [0.4, 0.5) is 0 Å². The van der Waals surface area contributed by atoms with E-state index in [4.69, 9.17) is 0 Å². The van der Waals surface area contributed by atoms with Crippen LogP contribution in [0.3, 0.4) is 0 Å². The molecule has 0 aromatic rings. The van der Waals surface area contributed by atoms with Gasteiger partial charge in [-0.1, -0.05) is 0 Å². The minimum Gasteiger partial charge on any atom is -0.466 e. The molecule has 0 spiro atoms. The zero-order valence-corrected chi connectivity index (χ0v) is 8.05. The lowest BCUT2D eigenvalue weighted by Gasteiger charge is -1.89. The van der Waals surface area contributed by atoms with Crippen LogP contribution in [0.2, 0.25) is 0 Å². The topological polar surface area (TPSA) is 52.6 Å². The molecule has 0 aliphatic rings. The van der Waals surface area contributed by atoms with E-state index in [2.05, 4.69) is 9.47 Å². The van der Waals surface area contributed by atoms with Gasteiger partial charge in [0.2, 0.25) is 0 Å². The van der Waals surface area contributed by atoms with Crippen LogP contribution in [0, 0.1) is 0 Å². The second-order valence-electron chi connectivity index (χ2n) is 1.85. The molecular formula is C8H16O4. The second-order valence-corrected chi connectivity index (χ2v) is 1.85. The lowest BCUT2D eigenvalue weighted by Crippen LogP contribution is -1.95. The van der Waals surface area contributed by atoms with Crippen LogP contribution in [0.15, 0.2) is 0 Å². The number of carbonyl (C=O) groups excluding carboxylic acids is 2. The lowest BCUT2D eigenvalue weighted by atomic mass is 10.8. The van der Waals surface area contributed by atoms with E-state index in [9.17, 15) is 9.59 Å². The molecule has 0 N–H and O–H groups in total. The van der Waals surface area contributed by atoms with Gasteiger partial charge in [0, 0.05) is 13.8 Å². The van der Waals surface area contributed by atoms with Crippen molar-refractivity contribution in [2.75, 3.05) is 13.2 Å². The van der Waals surface area contributed by atoms with Gasteiger partial charge in [-0.3, -0.25) is 9.59 Å². The molecule has 0 unspecified atom stereocenters. The van der Waals surface area contributed by atoms with Crippen LogP contribution >= 0.6 is 0 Å². The molecule has 0 saturated heterocycles. The number of rotatable bonds is 2. The summed E-state index contributed by atoms with van der Waals surface area (Å²) < 4.78 is 8.81. The summed E-state index contributed by atoms with van der Waals surface area (Å²) in [7, 11) is 0. The highest BCUT2D eigenvalue weighted by Gasteiger charge is 1.82. The Balaban J connectivity index is 0. The molecule has 72 valence electrons. The predicted molar refractivity (Wildman–Crippen MR) is 44.6 cm³/mol. The van der Waals surface area contributed by atoms with Gasteiger partial charge in [0.25, 0.3) is 0 Å². The standard InChI is InChI=1S/2C4H8O2/c2*1-3-6-4(2)5/h2*3H2,1-2H3. The summed E-state index contributed by atoms with van der Waals surface area (Å²) in [5.41, 5.74) is 0.